The lowest BCUT2D eigenvalue weighted by atomic mass is 10.0. The molecule has 2 unspecified atom stereocenters. The van der Waals surface area contributed by atoms with E-state index in [1.165, 1.54) is 0 Å². The second-order valence-electron chi connectivity index (χ2n) is 4.24. The van der Waals surface area contributed by atoms with Crippen molar-refractivity contribution in [3.8, 4) is 5.88 Å². The van der Waals surface area contributed by atoms with Crippen LogP contribution in [-0.2, 0) is 0 Å². The number of aliphatic hydroxyl groups excluding tert-OH is 1. The Morgan fingerprint density at radius 2 is 2.41 bits per heavy atom. The van der Waals surface area contributed by atoms with Gasteiger partial charge in [-0.3, -0.25) is 0 Å². The van der Waals surface area contributed by atoms with Crippen LogP contribution in [-0.4, -0.2) is 41.4 Å². The number of anilines is 1. The van der Waals surface area contributed by atoms with Gasteiger partial charge in [0.25, 0.3) is 0 Å². The van der Waals surface area contributed by atoms with Crippen LogP contribution < -0.4 is 9.64 Å². The average Bonchev–Trinajstić information content (AvgIpc) is 2.71. The molecule has 2 atom stereocenters. The number of halogens is 1. The highest BCUT2D eigenvalue weighted by Crippen LogP contribution is 2.30. The van der Waals surface area contributed by atoms with Gasteiger partial charge in [0.05, 0.1) is 30.4 Å². The molecule has 1 aliphatic heterocycles. The maximum Gasteiger partial charge on any atom is 0.232 e. The van der Waals surface area contributed by atoms with Gasteiger partial charge in [-0.05, 0) is 28.3 Å². The summed E-state index contributed by atoms with van der Waals surface area (Å²) in [4.78, 5) is 10.7. The number of hydrogen-bond donors (Lipinski definition) is 1. The SMILES string of the molecule is COc1nc(N2CCC(C)C2CO)ncc1Br. The summed E-state index contributed by atoms with van der Waals surface area (Å²) in [6.45, 7) is 3.14. The third kappa shape index (κ3) is 2.37. The summed E-state index contributed by atoms with van der Waals surface area (Å²) in [7, 11) is 1.58. The van der Waals surface area contributed by atoms with Gasteiger partial charge >= 0.3 is 0 Å². The van der Waals surface area contributed by atoms with Crippen molar-refractivity contribution in [2.24, 2.45) is 5.92 Å². The molecule has 2 heterocycles. The molecular weight excluding hydrogens is 286 g/mol. The van der Waals surface area contributed by atoms with Crippen molar-refractivity contribution < 1.29 is 9.84 Å². The lowest BCUT2D eigenvalue weighted by molar-refractivity contribution is 0.243. The Balaban J connectivity index is 2.28. The Morgan fingerprint density at radius 3 is 3.06 bits per heavy atom. The van der Waals surface area contributed by atoms with Gasteiger partial charge in [-0.1, -0.05) is 6.92 Å². The van der Waals surface area contributed by atoms with Crippen molar-refractivity contribution >= 4 is 21.9 Å². The largest absolute Gasteiger partial charge is 0.480 e. The average molecular weight is 302 g/mol. The van der Waals surface area contributed by atoms with E-state index < -0.39 is 0 Å². The lowest BCUT2D eigenvalue weighted by Crippen LogP contribution is -2.36. The minimum atomic E-state index is 0.0980. The van der Waals surface area contributed by atoms with Gasteiger partial charge < -0.3 is 14.7 Å². The molecule has 0 bridgehead atoms. The topological polar surface area (TPSA) is 58.5 Å². The molecule has 1 fully saturated rings. The van der Waals surface area contributed by atoms with E-state index in [1.54, 1.807) is 13.3 Å². The molecule has 0 aromatic carbocycles. The molecule has 6 heteroatoms. The molecule has 1 aliphatic rings. The predicted molar refractivity (Wildman–Crippen MR) is 68.3 cm³/mol. The number of methoxy groups -OCH3 is 1. The molecule has 1 aromatic rings. The van der Waals surface area contributed by atoms with Crippen molar-refractivity contribution in [2.45, 2.75) is 19.4 Å². The number of hydrogen-bond acceptors (Lipinski definition) is 5. The molecule has 0 spiro atoms. The Morgan fingerprint density at radius 1 is 1.65 bits per heavy atom. The molecular formula is C11H16BrN3O2. The smallest absolute Gasteiger partial charge is 0.232 e. The number of aliphatic hydroxyl groups is 1. The third-order valence-corrected chi connectivity index (χ3v) is 3.76. The van der Waals surface area contributed by atoms with Gasteiger partial charge in [0, 0.05) is 6.54 Å². The van der Waals surface area contributed by atoms with Crippen molar-refractivity contribution in [2.75, 3.05) is 25.2 Å². The fourth-order valence-electron chi connectivity index (χ4n) is 2.16. The quantitative estimate of drug-likeness (QED) is 0.916. The van der Waals surface area contributed by atoms with Crippen LogP contribution in [0, 0.1) is 5.92 Å². The van der Waals surface area contributed by atoms with E-state index in [-0.39, 0.29) is 12.6 Å². The fourth-order valence-corrected chi connectivity index (χ4v) is 2.51. The van der Waals surface area contributed by atoms with Gasteiger partial charge in [-0.15, -0.1) is 0 Å². The van der Waals surface area contributed by atoms with Crippen LogP contribution >= 0.6 is 15.9 Å². The minimum Gasteiger partial charge on any atom is -0.480 e. The van der Waals surface area contributed by atoms with Crippen LogP contribution in [0.4, 0.5) is 5.95 Å². The number of nitrogens with zero attached hydrogens (tertiary/aromatic N) is 3. The summed E-state index contributed by atoms with van der Waals surface area (Å²) >= 11 is 3.33. The first-order chi connectivity index (χ1) is 8.17. The molecule has 1 aromatic heterocycles. The summed E-state index contributed by atoms with van der Waals surface area (Å²) in [5, 5.41) is 9.41. The fraction of sp³-hybridized carbons (Fsp3) is 0.636. The molecule has 0 aliphatic carbocycles. The van der Waals surface area contributed by atoms with E-state index in [2.05, 4.69) is 32.8 Å². The van der Waals surface area contributed by atoms with Crippen LogP contribution in [0.3, 0.4) is 0 Å². The molecule has 17 heavy (non-hydrogen) atoms. The van der Waals surface area contributed by atoms with Crippen molar-refractivity contribution in [1.29, 1.82) is 0 Å². The Kier molecular flexibility index (Phi) is 3.83. The molecule has 2 rings (SSSR count). The first kappa shape index (κ1) is 12.6. The predicted octanol–water partition coefficient (Wildman–Crippen LogP) is 1.45. The maximum atomic E-state index is 9.41. The molecule has 94 valence electrons. The van der Waals surface area contributed by atoms with Crippen LogP contribution in [0.25, 0.3) is 0 Å². The molecule has 0 radical (unpaired) electrons. The van der Waals surface area contributed by atoms with Crippen molar-refractivity contribution in [1.82, 2.24) is 9.97 Å². The summed E-state index contributed by atoms with van der Waals surface area (Å²) in [6, 6.07) is 0.0980. The van der Waals surface area contributed by atoms with Crippen LogP contribution in [0.2, 0.25) is 0 Å². The Bertz CT molecular complexity index is 402. The molecule has 0 amide bonds. The maximum absolute atomic E-state index is 9.41. The van der Waals surface area contributed by atoms with E-state index in [1.807, 2.05) is 4.90 Å². The highest BCUT2D eigenvalue weighted by molar-refractivity contribution is 9.10. The first-order valence-corrected chi connectivity index (χ1v) is 6.40. The normalized spacial score (nSPS) is 24.1. The van der Waals surface area contributed by atoms with Gasteiger partial charge in [0.15, 0.2) is 0 Å². The molecule has 0 saturated carbocycles. The zero-order valence-electron chi connectivity index (χ0n) is 9.93. The number of rotatable bonds is 3. The summed E-state index contributed by atoms with van der Waals surface area (Å²) < 4.78 is 5.89. The summed E-state index contributed by atoms with van der Waals surface area (Å²) in [6.07, 6.45) is 2.73. The standard InChI is InChI=1S/C11H16BrN3O2/c1-7-3-4-15(9(7)6-16)11-13-5-8(12)10(14-11)17-2/h5,7,9,16H,3-4,6H2,1-2H3. The van der Waals surface area contributed by atoms with Gasteiger partial charge in [-0.2, -0.15) is 4.98 Å². The Labute approximate surface area is 109 Å². The second kappa shape index (κ2) is 5.18. The first-order valence-electron chi connectivity index (χ1n) is 5.61. The zero-order valence-corrected chi connectivity index (χ0v) is 11.5. The van der Waals surface area contributed by atoms with E-state index in [9.17, 15) is 5.11 Å². The van der Waals surface area contributed by atoms with E-state index in [0.717, 1.165) is 17.4 Å². The minimum absolute atomic E-state index is 0.0980. The highest BCUT2D eigenvalue weighted by Gasteiger charge is 2.32. The van der Waals surface area contributed by atoms with Crippen LogP contribution in [0.5, 0.6) is 5.88 Å². The van der Waals surface area contributed by atoms with Crippen LogP contribution in [0.1, 0.15) is 13.3 Å². The van der Waals surface area contributed by atoms with Gasteiger partial charge in [0.1, 0.15) is 0 Å². The highest BCUT2D eigenvalue weighted by atomic mass is 79.9. The van der Waals surface area contributed by atoms with E-state index in [0.29, 0.717) is 17.7 Å². The molecule has 1 saturated heterocycles. The van der Waals surface area contributed by atoms with E-state index >= 15 is 0 Å². The van der Waals surface area contributed by atoms with Gasteiger partial charge in [0.2, 0.25) is 11.8 Å². The molecule has 5 nitrogen and oxygen atoms in total. The number of aromatic nitrogens is 2. The van der Waals surface area contributed by atoms with Crippen LogP contribution in [0.15, 0.2) is 10.7 Å². The summed E-state index contributed by atoms with van der Waals surface area (Å²) in [5.74, 6) is 1.60. The molecule has 1 N–H and O–H groups in total. The lowest BCUT2D eigenvalue weighted by Gasteiger charge is -2.25. The van der Waals surface area contributed by atoms with Crippen molar-refractivity contribution in [3.05, 3.63) is 10.7 Å². The van der Waals surface area contributed by atoms with Crippen molar-refractivity contribution in [3.63, 3.8) is 0 Å². The second-order valence-corrected chi connectivity index (χ2v) is 5.09. The zero-order chi connectivity index (χ0) is 12.4. The monoisotopic (exact) mass is 301 g/mol. The summed E-state index contributed by atoms with van der Waals surface area (Å²) in [5.41, 5.74) is 0. The number of ether oxygens (including phenoxy) is 1. The van der Waals surface area contributed by atoms with Gasteiger partial charge in [-0.25, -0.2) is 4.98 Å². The third-order valence-electron chi connectivity index (χ3n) is 3.22. The Hall–Kier alpha value is -0.880. The van der Waals surface area contributed by atoms with E-state index in [4.69, 9.17) is 4.74 Å².